The Bertz CT molecular complexity index is 333. The fourth-order valence-electron chi connectivity index (χ4n) is 1.20. The Kier molecular flexibility index (Phi) is 5.56. The highest BCUT2D eigenvalue weighted by molar-refractivity contribution is 6.32. The molecule has 0 heterocycles. The molecule has 0 fully saturated rings. The number of halogens is 2. The van der Waals surface area contributed by atoms with Crippen molar-refractivity contribution >= 4 is 11.6 Å². The maximum Gasteiger partial charge on any atom is 0.138 e. The van der Waals surface area contributed by atoms with E-state index in [2.05, 4.69) is 19.2 Å². The number of rotatable bonds is 6. The highest BCUT2D eigenvalue weighted by Crippen LogP contribution is 2.24. The predicted molar refractivity (Wildman–Crippen MR) is 64.7 cm³/mol. The number of hydrogen-bond acceptors (Lipinski definition) is 2. The topological polar surface area (TPSA) is 21.3 Å². The van der Waals surface area contributed by atoms with Gasteiger partial charge in [0.1, 0.15) is 18.2 Å². The quantitative estimate of drug-likeness (QED) is 0.777. The van der Waals surface area contributed by atoms with Crippen molar-refractivity contribution in [2.75, 3.05) is 13.2 Å². The molecule has 0 saturated heterocycles. The first-order chi connectivity index (χ1) is 7.63. The van der Waals surface area contributed by atoms with Crippen LogP contribution in [0.25, 0.3) is 0 Å². The van der Waals surface area contributed by atoms with Gasteiger partial charge in [0.05, 0.1) is 5.02 Å². The summed E-state index contributed by atoms with van der Waals surface area (Å²) in [5.74, 6) is 0.170. The lowest BCUT2D eigenvalue weighted by Gasteiger charge is -2.12. The zero-order chi connectivity index (χ0) is 12.0. The number of benzene rings is 1. The first-order valence-corrected chi connectivity index (χ1v) is 5.82. The maximum atomic E-state index is 12.7. The molecule has 4 heteroatoms. The third-order valence-corrected chi connectivity index (χ3v) is 2.65. The van der Waals surface area contributed by atoms with Crippen molar-refractivity contribution in [2.24, 2.45) is 0 Å². The Morgan fingerprint density at radius 3 is 2.88 bits per heavy atom. The molecular formula is C12H17ClFNO. The highest BCUT2D eigenvalue weighted by Gasteiger charge is 2.03. The second kappa shape index (κ2) is 6.71. The molecule has 0 bridgehead atoms. The van der Waals surface area contributed by atoms with E-state index < -0.39 is 0 Å². The summed E-state index contributed by atoms with van der Waals surface area (Å²) in [7, 11) is 0. The van der Waals surface area contributed by atoms with Gasteiger partial charge in [-0.05, 0) is 31.5 Å². The fraction of sp³-hybridized carbons (Fsp3) is 0.500. The molecule has 0 saturated carbocycles. The van der Waals surface area contributed by atoms with E-state index in [-0.39, 0.29) is 5.82 Å². The van der Waals surface area contributed by atoms with Crippen LogP contribution in [0.1, 0.15) is 20.3 Å². The van der Waals surface area contributed by atoms with Crippen LogP contribution in [0.15, 0.2) is 18.2 Å². The van der Waals surface area contributed by atoms with Crippen LogP contribution in [-0.2, 0) is 0 Å². The van der Waals surface area contributed by atoms with Gasteiger partial charge in [0, 0.05) is 12.6 Å². The lowest BCUT2D eigenvalue weighted by molar-refractivity contribution is 0.306. The van der Waals surface area contributed by atoms with Gasteiger partial charge in [-0.15, -0.1) is 0 Å². The molecule has 0 aromatic heterocycles. The average Bonchev–Trinajstić information content (AvgIpc) is 2.26. The van der Waals surface area contributed by atoms with Gasteiger partial charge in [0.15, 0.2) is 0 Å². The van der Waals surface area contributed by atoms with Gasteiger partial charge in [-0.1, -0.05) is 18.5 Å². The van der Waals surface area contributed by atoms with Gasteiger partial charge in [-0.3, -0.25) is 0 Å². The van der Waals surface area contributed by atoms with E-state index in [4.69, 9.17) is 16.3 Å². The zero-order valence-electron chi connectivity index (χ0n) is 9.59. The summed E-state index contributed by atoms with van der Waals surface area (Å²) in [6.45, 7) is 5.51. The van der Waals surface area contributed by atoms with Crippen molar-refractivity contribution < 1.29 is 9.13 Å². The highest BCUT2D eigenvalue weighted by atomic mass is 35.5. The third kappa shape index (κ3) is 4.37. The summed E-state index contributed by atoms with van der Waals surface area (Å²) in [4.78, 5) is 0. The van der Waals surface area contributed by atoms with Crippen LogP contribution >= 0.6 is 11.6 Å². The maximum absolute atomic E-state index is 12.7. The van der Waals surface area contributed by atoms with Gasteiger partial charge < -0.3 is 10.1 Å². The van der Waals surface area contributed by atoms with Crippen LogP contribution in [0.4, 0.5) is 4.39 Å². The normalized spacial score (nSPS) is 12.5. The largest absolute Gasteiger partial charge is 0.491 e. The Hall–Kier alpha value is -0.800. The first-order valence-electron chi connectivity index (χ1n) is 5.44. The molecule has 0 amide bonds. The molecule has 90 valence electrons. The predicted octanol–water partition coefficient (Wildman–Crippen LogP) is 3.25. The number of nitrogens with one attached hydrogen (secondary N) is 1. The van der Waals surface area contributed by atoms with E-state index in [0.29, 0.717) is 23.4 Å². The molecule has 0 radical (unpaired) electrons. The van der Waals surface area contributed by atoms with Crippen LogP contribution in [0.2, 0.25) is 5.02 Å². The van der Waals surface area contributed by atoms with Crippen LogP contribution < -0.4 is 10.1 Å². The van der Waals surface area contributed by atoms with Crippen LogP contribution in [0.3, 0.4) is 0 Å². The van der Waals surface area contributed by atoms with Gasteiger partial charge in [0.25, 0.3) is 0 Å². The first kappa shape index (κ1) is 13.3. The monoisotopic (exact) mass is 245 g/mol. The minimum Gasteiger partial charge on any atom is -0.491 e. The summed E-state index contributed by atoms with van der Waals surface area (Å²) >= 11 is 5.81. The van der Waals surface area contributed by atoms with Crippen LogP contribution in [0, 0.1) is 5.82 Å². The second-order valence-corrected chi connectivity index (χ2v) is 4.09. The van der Waals surface area contributed by atoms with Crippen molar-refractivity contribution in [1.29, 1.82) is 0 Å². The van der Waals surface area contributed by atoms with Crippen molar-refractivity contribution in [3.8, 4) is 5.75 Å². The molecule has 0 aliphatic heterocycles. The summed E-state index contributed by atoms with van der Waals surface area (Å²) in [5.41, 5.74) is 0. The van der Waals surface area contributed by atoms with E-state index in [9.17, 15) is 4.39 Å². The lowest BCUT2D eigenvalue weighted by Crippen LogP contribution is -2.29. The van der Waals surface area contributed by atoms with E-state index in [1.807, 2.05) is 0 Å². The Balaban J connectivity index is 2.32. The minimum absolute atomic E-state index is 0.309. The van der Waals surface area contributed by atoms with E-state index in [0.717, 1.165) is 13.0 Å². The standard InChI is InChI=1S/C12H17ClFNO/c1-3-9(2)15-6-7-16-12-5-4-10(14)8-11(12)13/h4-5,8-9,15H,3,6-7H2,1-2H3. The molecule has 1 aromatic rings. The Morgan fingerprint density at radius 1 is 1.50 bits per heavy atom. The summed E-state index contributed by atoms with van der Waals surface area (Å²) in [6, 6.07) is 4.61. The van der Waals surface area contributed by atoms with Crippen molar-refractivity contribution in [1.82, 2.24) is 5.32 Å². The third-order valence-electron chi connectivity index (χ3n) is 2.36. The molecule has 1 aromatic carbocycles. The molecule has 1 unspecified atom stereocenters. The molecular weight excluding hydrogens is 229 g/mol. The molecule has 0 aliphatic carbocycles. The van der Waals surface area contributed by atoms with Crippen molar-refractivity contribution in [2.45, 2.75) is 26.3 Å². The van der Waals surface area contributed by atoms with Gasteiger partial charge in [0.2, 0.25) is 0 Å². The Morgan fingerprint density at radius 2 is 2.25 bits per heavy atom. The summed E-state index contributed by atoms with van der Waals surface area (Å²) in [5, 5.41) is 3.60. The molecule has 1 N–H and O–H groups in total. The second-order valence-electron chi connectivity index (χ2n) is 3.69. The Labute approximate surface area is 101 Å². The summed E-state index contributed by atoms with van der Waals surface area (Å²) in [6.07, 6.45) is 1.08. The van der Waals surface area contributed by atoms with Gasteiger partial charge in [-0.25, -0.2) is 4.39 Å². The average molecular weight is 246 g/mol. The lowest BCUT2D eigenvalue weighted by atomic mass is 10.3. The molecule has 1 rings (SSSR count). The van der Waals surface area contributed by atoms with E-state index in [1.165, 1.54) is 12.1 Å². The number of ether oxygens (including phenoxy) is 1. The fourth-order valence-corrected chi connectivity index (χ4v) is 1.42. The van der Waals surface area contributed by atoms with Crippen LogP contribution in [0.5, 0.6) is 5.75 Å². The minimum atomic E-state index is -0.352. The molecule has 0 aliphatic rings. The molecule has 1 atom stereocenters. The van der Waals surface area contributed by atoms with Crippen molar-refractivity contribution in [3.63, 3.8) is 0 Å². The van der Waals surface area contributed by atoms with Crippen LogP contribution in [-0.4, -0.2) is 19.2 Å². The number of hydrogen-bond donors (Lipinski definition) is 1. The van der Waals surface area contributed by atoms with E-state index in [1.54, 1.807) is 6.07 Å². The smallest absolute Gasteiger partial charge is 0.138 e. The molecule has 0 spiro atoms. The summed E-state index contributed by atoms with van der Waals surface area (Å²) < 4.78 is 18.2. The zero-order valence-corrected chi connectivity index (χ0v) is 10.4. The van der Waals surface area contributed by atoms with E-state index >= 15 is 0 Å². The SMILES string of the molecule is CCC(C)NCCOc1ccc(F)cc1Cl. The molecule has 16 heavy (non-hydrogen) atoms. The van der Waals surface area contributed by atoms with Gasteiger partial charge in [-0.2, -0.15) is 0 Å². The van der Waals surface area contributed by atoms with Gasteiger partial charge >= 0.3 is 0 Å². The molecule has 2 nitrogen and oxygen atoms in total. The van der Waals surface area contributed by atoms with Crippen molar-refractivity contribution in [3.05, 3.63) is 29.0 Å².